The van der Waals surface area contributed by atoms with Gasteiger partial charge in [0.05, 0.1) is 5.52 Å². The fourth-order valence-electron chi connectivity index (χ4n) is 1.17. The molecule has 0 fully saturated rings. The molecule has 0 amide bonds. The predicted octanol–water partition coefficient (Wildman–Crippen LogP) is 1.49. The number of hydrogen-bond donors (Lipinski definition) is 1. The van der Waals surface area contributed by atoms with E-state index in [-0.39, 0.29) is 0 Å². The summed E-state index contributed by atoms with van der Waals surface area (Å²) in [7, 11) is 0. The van der Waals surface area contributed by atoms with Crippen molar-refractivity contribution in [2.75, 3.05) is 0 Å². The Labute approximate surface area is 70.1 Å². The number of H-pyrrole nitrogens is 1. The van der Waals surface area contributed by atoms with Crippen molar-refractivity contribution in [3.63, 3.8) is 0 Å². The van der Waals surface area contributed by atoms with Crippen molar-refractivity contribution < 1.29 is 0 Å². The Morgan fingerprint density at radius 1 is 1.67 bits per heavy atom. The molecule has 3 nitrogen and oxygen atoms in total. The highest BCUT2D eigenvalue weighted by Crippen LogP contribution is 2.13. The van der Waals surface area contributed by atoms with Crippen LogP contribution in [-0.4, -0.2) is 15.4 Å². The Balaban J connectivity index is 2.65. The highest BCUT2D eigenvalue weighted by Gasteiger charge is 2.01. The summed E-state index contributed by atoms with van der Waals surface area (Å²) in [5.74, 6) is 0. The van der Waals surface area contributed by atoms with Gasteiger partial charge in [-0.2, -0.15) is 0 Å². The summed E-state index contributed by atoms with van der Waals surface area (Å²) in [5, 5.41) is 10.5. The molecule has 59 valence electrons. The van der Waals surface area contributed by atoms with Crippen molar-refractivity contribution in [2.45, 2.75) is 6.42 Å². The maximum atomic E-state index is 3.95. The van der Waals surface area contributed by atoms with E-state index < -0.39 is 0 Å². The Morgan fingerprint density at radius 2 is 2.58 bits per heavy atom. The smallest absolute Gasteiger partial charge is 0.117 e. The van der Waals surface area contributed by atoms with E-state index in [1.807, 2.05) is 18.2 Å². The van der Waals surface area contributed by atoms with Gasteiger partial charge in [-0.25, -0.2) is 0 Å². The van der Waals surface area contributed by atoms with Crippen LogP contribution in [0.1, 0.15) is 5.56 Å². The van der Waals surface area contributed by atoms with Gasteiger partial charge in [0, 0.05) is 0 Å². The molecule has 1 aromatic carbocycles. The van der Waals surface area contributed by atoms with Crippen LogP contribution in [0.2, 0.25) is 0 Å². The molecule has 1 heterocycles. The number of benzene rings is 1. The molecule has 12 heavy (non-hydrogen) atoms. The van der Waals surface area contributed by atoms with Crippen LogP contribution in [0.4, 0.5) is 0 Å². The molecule has 0 unspecified atom stereocenters. The molecule has 1 aromatic heterocycles. The molecule has 0 spiro atoms. The Morgan fingerprint density at radius 3 is 3.42 bits per heavy atom. The van der Waals surface area contributed by atoms with Crippen LogP contribution in [0, 0.1) is 6.07 Å². The maximum absolute atomic E-state index is 3.95. The van der Waals surface area contributed by atoms with Gasteiger partial charge in [0.2, 0.25) is 0 Å². The van der Waals surface area contributed by atoms with E-state index >= 15 is 0 Å². The number of hydrogen-bond acceptors (Lipinski definition) is 2. The van der Waals surface area contributed by atoms with Crippen molar-refractivity contribution >= 4 is 11.0 Å². The van der Waals surface area contributed by atoms with Gasteiger partial charge in [-0.05, 0) is 24.1 Å². The molecule has 0 aliphatic rings. The SMILES string of the molecule is C=CCc1[c]ccc2[nH]nnc12. The van der Waals surface area contributed by atoms with E-state index in [1.165, 1.54) is 0 Å². The predicted molar refractivity (Wildman–Crippen MR) is 46.6 cm³/mol. The number of allylic oxidation sites excluding steroid dienone is 1. The summed E-state index contributed by atoms with van der Waals surface area (Å²) in [5.41, 5.74) is 2.87. The van der Waals surface area contributed by atoms with Crippen LogP contribution in [0.25, 0.3) is 11.0 Å². The van der Waals surface area contributed by atoms with Crippen LogP contribution in [0.3, 0.4) is 0 Å². The third-order valence-corrected chi connectivity index (χ3v) is 1.72. The molecule has 0 aliphatic carbocycles. The summed E-state index contributed by atoms with van der Waals surface area (Å²) in [6, 6.07) is 6.87. The Hall–Kier alpha value is -1.64. The third kappa shape index (κ3) is 0.993. The second-order valence-electron chi connectivity index (χ2n) is 2.52. The van der Waals surface area contributed by atoms with Crippen molar-refractivity contribution in [3.05, 3.63) is 36.4 Å². The zero-order valence-electron chi connectivity index (χ0n) is 6.54. The summed E-state index contributed by atoms with van der Waals surface area (Å²) in [4.78, 5) is 0. The van der Waals surface area contributed by atoms with E-state index in [2.05, 4.69) is 28.1 Å². The summed E-state index contributed by atoms with van der Waals surface area (Å²) in [6.45, 7) is 3.67. The van der Waals surface area contributed by atoms with Crippen LogP contribution < -0.4 is 0 Å². The first-order valence-electron chi connectivity index (χ1n) is 3.73. The van der Waals surface area contributed by atoms with Gasteiger partial charge < -0.3 is 0 Å². The quantitative estimate of drug-likeness (QED) is 0.673. The second-order valence-corrected chi connectivity index (χ2v) is 2.52. The normalized spacial score (nSPS) is 10.3. The maximum Gasteiger partial charge on any atom is 0.117 e. The molecule has 2 rings (SSSR count). The Bertz CT molecular complexity index is 403. The molecule has 0 saturated heterocycles. The average Bonchev–Trinajstić information content (AvgIpc) is 2.53. The molecule has 0 aliphatic heterocycles. The van der Waals surface area contributed by atoms with Crippen molar-refractivity contribution in [3.8, 4) is 0 Å². The minimum absolute atomic E-state index is 0.782. The number of fused-ring (bicyclic) bond motifs is 1. The molecular weight excluding hydrogens is 150 g/mol. The van der Waals surface area contributed by atoms with Crippen molar-refractivity contribution in [1.82, 2.24) is 15.4 Å². The average molecular weight is 158 g/mol. The number of aromatic nitrogens is 3. The van der Waals surface area contributed by atoms with Crippen molar-refractivity contribution in [2.24, 2.45) is 0 Å². The first-order chi connectivity index (χ1) is 5.92. The molecule has 0 bridgehead atoms. The van der Waals surface area contributed by atoms with Gasteiger partial charge in [-0.15, -0.1) is 11.7 Å². The van der Waals surface area contributed by atoms with Gasteiger partial charge in [0.15, 0.2) is 0 Å². The summed E-state index contributed by atoms with van der Waals surface area (Å²) < 4.78 is 0. The van der Waals surface area contributed by atoms with E-state index in [9.17, 15) is 0 Å². The number of nitrogens with one attached hydrogen (secondary N) is 1. The molecule has 0 saturated carbocycles. The molecule has 0 atom stereocenters. The molecule has 2 aromatic rings. The Kier molecular flexibility index (Phi) is 1.63. The summed E-state index contributed by atoms with van der Waals surface area (Å²) >= 11 is 0. The zero-order valence-corrected chi connectivity index (χ0v) is 6.54. The highest BCUT2D eigenvalue weighted by atomic mass is 15.3. The van der Waals surface area contributed by atoms with E-state index in [4.69, 9.17) is 0 Å². The van der Waals surface area contributed by atoms with Gasteiger partial charge in [0.25, 0.3) is 0 Å². The van der Waals surface area contributed by atoms with Gasteiger partial charge in [-0.3, -0.25) is 5.10 Å². The fourth-order valence-corrected chi connectivity index (χ4v) is 1.17. The topological polar surface area (TPSA) is 41.6 Å². The van der Waals surface area contributed by atoms with Crippen LogP contribution in [-0.2, 0) is 6.42 Å². The molecule has 3 heteroatoms. The summed E-state index contributed by atoms with van der Waals surface area (Å²) in [6.07, 6.45) is 2.61. The van der Waals surface area contributed by atoms with E-state index in [0.717, 1.165) is 23.0 Å². The standard InChI is InChI=1S/C9H8N3/c1-2-4-7-5-3-6-8-9(7)11-12-10-8/h2-3,6H,1,4H2,(H,10,11,12). The number of rotatable bonds is 2. The number of nitrogens with zero attached hydrogens (tertiary/aromatic N) is 2. The highest BCUT2D eigenvalue weighted by molar-refractivity contribution is 5.77. The lowest BCUT2D eigenvalue weighted by molar-refractivity contribution is 0.957. The van der Waals surface area contributed by atoms with Crippen LogP contribution in [0.5, 0.6) is 0 Å². The minimum atomic E-state index is 0.782. The zero-order chi connectivity index (χ0) is 8.39. The lowest BCUT2D eigenvalue weighted by Gasteiger charge is -1.94. The molecule has 1 N–H and O–H groups in total. The minimum Gasteiger partial charge on any atom is -0.258 e. The van der Waals surface area contributed by atoms with Gasteiger partial charge in [0.1, 0.15) is 5.52 Å². The lowest BCUT2D eigenvalue weighted by atomic mass is 10.1. The third-order valence-electron chi connectivity index (χ3n) is 1.72. The largest absolute Gasteiger partial charge is 0.258 e. The monoisotopic (exact) mass is 158 g/mol. The van der Waals surface area contributed by atoms with E-state index in [0.29, 0.717) is 0 Å². The first kappa shape index (κ1) is 7.03. The molecular formula is C9H8N3. The first-order valence-corrected chi connectivity index (χ1v) is 3.73. The lowest BCUT2D eigenvalue weighted by Crippen LogP contribution is -1.83. The van der Waals surface area contributed by atoms with Gasteiger partial charge >= 0.3 is 0 Å². The second kappa shape index (κ2) is 2.77. The van der Waals surface area contributed by atoms with Crippen molar-refractivity contribution in [1.29, 1.82) is 0 Å². The van der Waals surface area contributed by atoms with Crippen LogP contribution >= 0.6 is 0 Å². The van der Waals surface area contributed by atoms with Crippen LogP contribution in [0.15, 0.2) is 24.8 Å². The van der Waals surface area contributed by atoms with E-state index in [1.54, 1.807) is 0 Å². The number of aromatic amines is 1. The van der Waals surface area contributed by atoms with Gasteiger partial charge in [-0.1, -0.05) is 17.4 Å². The molecule has 1 radical (unpaired) electrons. The fraction of sp³-hybridized carbons (Fsp3) is 0.111.